The van der Waals surface area contributed by atoms with Gasteiger partial charge in [0.15, 0.2) is 0 Å². The number of hydrogen-bond acceptors (Lipinski definition) is 9. The number of aromatic nitrogens is 3. The lowest BCUT2D eigenvalue weighted by Gasteiger charge is -2.35. The molecular formula is C58H82ClN7O8. The fraction of sp³-hybridized carbons (Fsp3) is 0.552. The molecule has 0 radical (unpaired) electrons. The number of benzene rings is 1. The monoisotopic (exact) mass is 1040 g/mol. The van der Waals surface area contributed by atoms with Gasteiger partial charge in [-0.1, -0.05) is 83.0 Å². The van der Waals surface area contributed by atoms with Gasteiger partial charge in [0.05, 0.1) is 28.9 Å². The molecule has 2 aliphatic heterocycles. The van der Waals surface area contributed by atoms with Gasteiger partial charge in [-0.3, -0.25) is 38.9 Å². The highest BCUT2D eigenvalue weighted by atomic mass is 35.5. The first-order valence-corrected chi connectivity index (χ1v) is 27.4. The predicted molar refractivity (Wildman–Crippen MR) is 294 cm³/mol. The van der Waals surface area contributed by atoms with E-state index in [2.05, 4.69) is 59.8 Å². The maximum atomic E-state index is 13.7. The van der Waals surface area contributed by atoms with Gasteiger partial charge in [-0.15, -0.1) is 0 Å². The van der Waals surface area contributed by atoms with Crippen LogP contribution in [-0.2, 0) is 53.5 Å². The van der Waals surface area contributed by atoms with Crippen LogP contribution in [0.1, 0.15) is 128 Å². The SMILES string of the molecule is CC.CC.CCCC(C(=O)NC=O)N1CC2=C(C/C=C\CCC2OCC(=O)N2CCN(CCn3c(C)c(CCCOC4=CCC=CC5=C4CCCC5)c4ccc(Cl)c(-c5c(C)nn(C)c5C)c43)CC2)C1=O.O=CO. The van der Waals surface area contributed by atoms with E-state index in [9.17, 15) is 19.2 Å². The molecule has 2 atom stereocenters. The van der Waals surface area contributed by atoms with Gasteiger partial charge in [0.25, 0.3) is 12.4 Å². The quantitative estimate of drug-likeness (QED) is 0.0754. The summed E-state index contributed by atoms with van der Waals surface area (Å²) < 4.78 is 17.3. The van der Waals surface area contributed by atoms with Crippen LogP contribution in [0.5, 0.6) is 0 Å². The van der Waals surface area contributed by atoms with Gasteiger partial charge >= 0.3 is 0 Å². The van der Waals surface area contributed by atoms with Crippen molar-refractivity contribution >= 4 is 53.1 Å². The Balaban J connectivity index is 0.00000138. The molecule has 74 heavy (non-hydrogen) atoms. The van der Waals surface area contributed by atoms with E-state index >= 15 is 0 Å². The molecule has 4 amide bonds. The highest BCUT2D eigenvalue weighted by Crippen LogP contribution is 2.42. The number of carbonyl (C=O) groups is 5. The van der Waals surface area contributed by atoms with Crippen LogP contribution in [-0.4, -0.2) is 129 Å². The molecule has 5 aliphatic rings. The van der Waals surface area contributed by atoms with Crippen molar-refractivity contribution in [3.05, 3.63) is 98.2 Å². The third kappa shape index (κ3) is 13.9. The summed E-state index contributed by atoms with van der Waals surface area (Å²) in [5.74, 6) is 0.311. The lowest BCUT2D eigenvalue weighted by molar-refractivity contribution is -0.139. The van der Waals surface area contributed by atoms with E-state index in [0.29, 0.717) is 62.4 Å². The van der Waals surface area contributed by atoms with Gasteiger partial charge in [-0.25, -0.2) is 0 Å². The van der Waals surface area contributed by atoms with Crippen LogP contribution in [0.2, 0.25) is 5.02 Å². The first kappa shape index (κ1) is 59.1. The first-order valence-electron chi connectivity index (χ1n) is 27.1. The third-order valence-electron chi connectivity index (χ3n) is 14.7. The molecule has 2 aromatic heterocycles. The van der Waals surface area contributed by atoms with Crippen molar-refractivity contribution in [2.75, 3.05) is 52.5 Å². The van der Waals surface area contributed by atoms with Crippen molar-refractivity contribution in [3.8, 4) is 11.1 Å². The number of nitrogens with zero attached hydrogens (tertiary/aromatic N) is 6. The summed E-state index contributed by atoms with van der Waals surface area (Å²) in [6.45, 7) is 21.1. The Bertz CT molecular complexity index is 2590. The van der Waals surface area contributed by atoms with Gasteiger partial charge in [0.2, 0.25) is 18.2 Å². The second-order valence-electron chi connectivity index (χ2n) is 18.8. The number of carboxylic acid groups (broad SMARTS) is 1. The smallest absolute Gasteiger partial charge is 0.290 e. The van der Waals surface area contributed by atoms with Crippen LogP contribution in [0.25, 0.3) is 22.0 Å². The number of aryl methyl sites for hydroxylation is 3. The molecule has 8 rings (SSSR count). The molecule has 2 unspecified atom stereocenters. The van der Waals surface area contributed by atoms with E-state index in [4.69, 9.17) is 36.1 Å². The van der Waals surface area contributed by atoms with Crippen LogP contribution in [0, 0.1) is 20.8 Å². The molecule has 15 nitrogen and oxygen atoms in total. The van der Waals surface area contributed by atoms with Crippen molar-refractivity contribution in [2.45, 2.75) is 151 Å². The number of allylic oxidation sites excluding steroid dienone is 7. The number of hydrogen-bond donors (Lipinski definition) is 2. The minimum Gasteiger partial charge on any atom is -0.494 e. The molecule has 1 saturated heterocycles. The number of imide groups is 1. The summed E-state index contributed by atoms with van der Waals surface area (Å²) >= 11 is 7.18. The van der Waals surface area contributed by atoms with Gasteiger partial charge in [0.1, 0.15) is 18.4 Å². The minimum atomic E-state index is -0.754. The number of ether oxygens (including phenoxy) is 2. The Labute approximate surface area is 444 Å². The predicted octanol–water partition coefficient (Wildman–Crippen LogP) is 9.89. The summed E-state index contributed by atoms with van der Waals surface area (Å²) in [5.41, 5.74) is 12.1. The fourth-order valence-corrected chi connectivity index (χ4v) is 11.2. The van der Waals surface area contributed by atoms with Crippen molar-refractivity contribution in [1.29, 1.82) is 0 Å². The first-order chi connectivity index (χ1) is 35.9. The van der Waals surface area contributed by atoms with Gasteiger partial charge < -0.3 is 28.9 Å². The van der Waals surface area contributed by atoms with Crippen molar-refractivity contribution in [1.82, 2.24) is 34.4 Å². The van der Waals surface area contributed by atoms with Gasteiger partial charge in [0, 0.05) is 86.3 Å². The average molecular weight is 1040 g/mol. The van der Waals surface area contributed by atoms with E-state index in [1.807, 2.05) is 69.5 Å². The van der Waals surface area contributed by atoms with Gasteiger partial charge in [-0.05, 0) is 126 Å². The van der Waals surface area contributed by atoms with Crippen molar-refractivity contribution < 1.29 is 38.6 Å². The Hall–Kier alpha value is -5.77. The van der Waals surface area contributed by atoms with E-state index in [0.717, 1.165) is 104 Å². The zero-order chi connectivity index (χ0) is 53.9. The molecule has 16 heteroatoms. The maximum Gasteiger partial charge on any atom is 0.290 e. The third-order valence-corrected chi connectivity index (χ3v) is 15.0. The van der Waals surface area contributed by atoms with Crippen LogP contribution in [0.15, 0.2) is 70.6 Å². The highest BCUT2D eigenvalue weighted by molar-refractivity contribution is 6.35. The van der Waals surface area contributed by atoms with Crippen LogP contribution in [0.4, 0.5) is 0 Å². The van der Waals surface area contributed by atoms with Crippen LogP contribution >= 0.6 is 11.6 Å². The number of rotatable bonds is 17. The van der Waals surface area contributed by atoms with Crippen molar-refractivity contribution in [3.63, 3.8) is 0 Å². The molecule has 0 saturated carbocycles. The summed E-state index contributed by atoms with van der Waals surface area (Å²) in [6.07, 6.45) is 21.1. The Morgan fingerprint density at radius 2 is 1.69 bits per heavy atom. The number of piperazine rings is 1. The zero-order valence-electron chi connectivity index (χ0n) is 45.6. The van der Waals surface area contributed by atoms with E-state index in [1.54, 1.807) is 4.90 Å². The number of fused-ring (bicyclic) bond motifs is 1. The maximum absolute atomic E-state index is 13.7. The molecule has 0 spiro atoms. The summed E-state index contributed by atoms with van der Waals surface area (Å²) in [5, 5.41) is 15.9. The molecule has 4 heterocycles. The van der Waals surface area contributed by atoms with Crippen molar-refractivity contribution in [2.24, 2.45) is 7.05 Å². The normalized spacial score (nSPS) is 18.5. The molecule has 3 aromatic rings. The summed E-state index contributed by atoms with van der Waals surface area (Å²) in [7, 11) is 1.98. The number of carbonyl (C=O) groups excluding carboxylic acids is 4. The summed E-state index contributed by atoms with van der Waals surface area (Å²) in [4.78, 5) is 65.6. The van der Waals surface area contributed by atoms with Crippen LogP contribution in [0.3, 0.4) is 0 Å². The molecule has 2 N–H and O–H groups in total. The number of nitrogens with one attached hydrogen (secondary N) is 1. The molecule has 1 aromatic carbocycles. The minimum absolute atomic E-state index is 0.0694. The summed E-state index contributed by atoms with van der Waals surface area (Å²) in [6, 6.07) is 3.48. The van der Waals surface area contributed by atoms with Gasteiger partial charge in [-0.2, -0.15) is 5.10 Å². The Morgan fingerprint density at radius 1 is 0.959 bits per heavy atom. The molecule has 1 fully saturated rings. The van der Waals surface area contributed by atoms with E-state index in [1.165, 1.54) is 40.6 Å². The standard InChI is InChI=1S/C53H68ClN7O6.2C2H6.CH2O2/c1-6-15-45(52(64)55-34-62)61-32-43-42(53(61)65)19-8-7-9-21-47(43)67-33-48(63)59-28-25-58(26-29-59)27-30-60-36(3)39(20-14-31-66-46-22-13-11-17-38-16-10-12-18-40(38)46)41-23-24-44(54)50(51(41)60)49-35(2)56-57(5)37(49)4;2*1-2;2-1-3/h7-8,11,17,22-24,34,45,47H,6,9-10,12-16,18-21,25-33H2,1-5H3,(H,55,62,64);2*1-2H3;1H,(H,2,3)/b8-7-;;;. The zero-order valence-corrected chi connectivity index (χ0v) is 46.3. The molecule has 0 bridgehead atoms. The van der Waals surface area contributed by atoms with E-state index < -0.39 is 18.1 Å². The fourth-order valence-electron chi connectivity index (χ4n) is 11.0. The molecule has 3 aliphatic carbocycles. The lowest BCUT2D eigenvalue weighted by Crippen LogP contribution is -2.50. The number of halogens is 1. The second kappa shape index (κ2) is 29.4. The Kier molecular flexibility index (Phi) is 23.4. The van der Waals surface area contributed by atoms with Crippen LogP contribution < -0.4 is 5.32 Å². The average Bonchev–Trinajstić information content (AvgIpc) is 3.88. The Morgan fingerprint density at radius 3 is 2.38 bits per heavy atom. The molecule has 404 valence electrons. The number of amides is 4. The van der Waals surface area contributed by atoms with E-state index in [-0.39, 0.29) is 31.4 Å². The second-order valence-corrected chi connectivity index (χ2v) is 19.2. The highest BCUT2D eigenvalue weighted by Gasteiger charge is 2.40. The largest absolute Gasteiger partial charge is 0.494 e. The lowest BCUT2D eigenvalue weighted by atomic mass is 9.91. The molecular weight excluding hydrogens is 958 g/mol. The topological polar surface area (TPSA) is 169 Å².